The van der Waals surface area contributed by atoms with Crippen molar-refractivity contribution in [2.45, 2.75) is 4.90 Å². The number of carbonyl (C=O) groups is 1. The number of methoxy groups -OCH3 is 1. The number of hydrogen-bond donors (Lipinski definition) is 2. The number of carbonyl (C=O) groups excluding carboxylic acids is 1. The summed E-state index contributed by atoms with van der Waals surface area (Å²) in [6, 6.07) is 17.0. The summed E-state index contributed by atoms with van der Waals surface area (Å²) < 4.78 is 33.2. The molecule has 0 radical (unpaired) electrons. The van der Waals surface area contributed by atoms with Crippen LogP contribution in [0, 0.1) is 0 Å². The molecule has 2 aromatic heterocycles. The maximum Gasteiger partial charge on any atom is 0.262 e. The molecule has 0 bridgehead atoms. The van der Waals surface area contributed by atoms with E-state index in [4.69, 9.17) is 4.74 Å². The normalized spacial score (nSPS) is 11.0. The van der Waals surface area contributed by atoms with Gasteiger partial charge in [0.15, 0.2) is 5.13 Å². The predicted molar refractivity (Wildman–Crippen MR) is 124 cm³/mol. The topological polar surface area (TPSA) is 110 Å². The lowest BCUT2D eigenvalue weighted by Gasteiger charge is -2.12. The van der Waals surface area contributed by atoms with Gasteiger partial charge in [0.2, 0.25) is 0 Å². The molecule has 0 spiro atoms. The number of thiazole rings is 1. The van der Waals surface area contributed by atoms with Gasteiger partial charge in [-0.15, -0.1) is 11.3 Å². The van der Waals surface area contributed by atoms with Gasteiger partial charge in [-0.3, -0.25) is 19.8 Å². The van der Waals surface area contributed by atoms with Crippen molar-refractivity contribution in [3.8, 4) is 17.0 Å². The summed E-state index contributed by atoms with van der Waals surface area (Å²) in [7, 11) is -2.52. The fraction of sp³-hybridized carbons (Fsp3) is 0.0455. The highest BCUT2D eigenvalue weighted by molar-refractivity contribution is 7.92. The number of amides is 1. The van der Waals surface area contributed by atoms with Gasteiger partial charge in [0.25, 0.3) is 15.9 Å². The molecule has 8 nitrogen and oxygen atoms in total. The lowest BCUT2D eigenvalue weighted by atomic mass is 10.2. The molecular formula is C22H18N4O4S2. The van der Waals surface area contributed by atoms with E-state index in [0.29, 0.717) is 10.9 Å². The van der Waals surface area contributed by atoms with Crippen molar-refractivity contribution in [1.29, 1.82) is 0 Å². The Morgan fingerprint density at radius 2 is 1.88 bits per heavy atom. The average Bonchev–Trinajstić information content (AvgIpc) is 3.28. The van der Waals surface area contributed by atoms with Gasteiger partial charge >= 0.3 is 0 Å². The molecule has 0 unspecified atom stereocenters. The van der Waals surface area contributed by atoms with Crippen LogP contribution in [0.25, 0.3) is 11.3 Å². The Morgan fingerprint density at radius 3 is 2.66 bits per heavy atom. The van der Waals surface area contributed by atoms with E-state index < -0.39 is 15.9 Å². The van der Waals surface area contributed by atoms with E-state index in [1.54, 1.807) is 12.1 Å². The van der Waals surface area contributed by atoms with Crippen molar-refractivity contribution in [1.82, 2.24) is 9.97 Å². The molecule has 2 heterocycles. The highest BCUT2D eigenvalue weighted by Crippen LogP contribution is 2.26. The Kier molecular flexibility index (Phi) is 6.15. The molecular weight excluding hydrogens is 448 g/mol. The first-order chi connectivity index (χ1) is 15.5. The summed E-state index contributed by atoms with van der Waals surface area (Å²) in [6.45, 7) is 0. The highest BCUT2D eigenvalue weighted by Gasteiger charge is 2.20. The number of rotatable bonds is 7. The van der Waals surface area contributed by atoms with E-state index in [1.165, 1.54) is 49.0 Å². The average molecular weight is 467 g/mol. The number of nitrogens with zero attached hydrogens (tertiary/aromatic N) is 2. The Balaban J connectivity index is 1.56. The number of nitrogens with one attached hydrogen (secondary N) is 2. The molecule has 0 aliphatic carbocycles. The number of aromatic nitrogens is 2. The first kappa shape index (κ1) is 21.5. The summed E-state index contributed by atoms with van der Waals surface area (Å²) >= 11 is 1.28. The second kappa shape index (κ2) is 9.16. The number of pyridine rings is 1. The number of benzene rings is 2. The number of sulfonamides is 1. The fourth-order valence-corrected chi connectivity index (χ4v) is 4.70. The zero-order valence-corrected chi connectivity index (χ0v) is 18.5. The van der Waals surface area contributed by atoms with Gasteiger partial charge < -0.3 is 4.74 Å². The van der Waals surface area contributed by atoms with Crippen molar-refractivity contribution in [3.05, 3.63) is 84.0 Å². The first-order valence-electron chi connectivity index (χ1n) is 9.39. The summed E-state index contributed by atoms with van der Waals surface area (Å²) in [5.41, 5.74) is 1.83. The van der Waals surface area contributed by atoms with E-state index in [2.05, 4.69) is 20.0 Å². The molecule has 0 atom stereocenters. The van der Waals surface area contributed by atoms with Crippen LogP contribution in [0.3, 0.4) is 0 Å². The summed E-state index contributed by atoms with van der Waals surface area (Å²) in [5.74, 6) is -0.111. The van der Waals surface area contributed by atoms with Crippen LogP contribution in [0.4, 0.5) is 10.8 Å². The molecule has 0 saturated carbocycles. The Bertz CT molecular complexity index is 1360. The molecule has 1 amide bonds. The van der Waals surface area contributed by atoms with Crippen molar-refractivity contribution < 1.29 is 17.9 Å². The third-order valence-electron chi connectivity index (χ3n) is 4.46. The van der Waals surface area contributed by atoms with Crippen LogP contribution in [-0.2, 0) is 10.0 Å². The first-order valence-corrected chi connectivity index (χ1v) is 11.8. The smallest absolute Gasteiger partial charge is 0.262 e. The maximum absolute atomic E-state index is 12.9. The van der Waals surface area contributed by atoms with E-state index in [1.807, 2.05) is 35.7 Å². The van der Waals surface area contributed by atoms with Crippen LogP contribution in [0.2, 0.25) is 0 Å². The van der Waals surface area contributed by atoms with Gasteiger partial charge in [0.1, 0.15) is 5.75 Å². The summed E-state index contributed by atoms with van der Waals surface area (Å²) in [6.07, 6.45) is 2.69. The molecule has 4 rings (SSSR count). The van der Waals surface area contributed by atoms with Gasteiger partial charge in [-0.2, -0.15) is 0 Å². The minimum absolute atomic E-state index is 0.000474. The van der Waals surface area contributed by atoms with Crippen molar-refractivity contribution in [3.63, 3.8) is 0 Å². The minimum Gasteiger partial charge on any atom is -0.497 e. The largest absolute Gasteiger partial charge is 0.497 e. The molecule has 0 saturated heterocycles. The van der Waals surface area contributed by atoms with E-state index >= 15 is 0 Å². The summed E-state index contributed by atoms with van der Waals surface area (Å²) in [5, 5.41) is 4.95. The molecule has 0 fully saturated rings. The van der Waals surface area contributed by atoms with E-state index in [9.17, 15) is 13.2 Å². The number of anilines is 2. The molecule has 2 N–H and O–H groups in total. The third kappa shape index (κ3) is 4.76. The summed E-state index contributed by atoms with van der Waals surface area (Å²) in [4.78, 5) is 21.3. The monoisotopic (exact) mass is 466 g/mol. The highest BCUT2D eigenvalue weighted by atomic mass is 32.2. The molecule has 162 valence electrons. The van der Waals surface area contributed by atoms with Crippen molar-refractivity contribution in [2.75, 3.05) is 17.1 Å². The lowest BCUT2D eigenvalue weighted by molar-refractivity contribution is 0.102. The zero-order valence-electron chi connectivity index (χ0n) is 16.8. The van der Waals surface area contributed by atoms with Gasteiger partial charge in [-0.1, -0.05) is 36.4 Å². The Labute approximate surface area is 189 Å². The van der Waals surface area contributed by atoms with Gasteiger partial charge in [0, 0.05) is 23.2 Å². The number of hydrogen-bond acceptors (Lipinski definition) is 7. The molecule has 4 aromatic rings. The molecule has 32 heavy (non-hydrogen) atoms. The van der Waals surface area contributed by atoms with Gasteiger partial charge in [0.05, 0.1) is 35.1 Å². The Morgan fingerprint density at radius 1 is 1.06 bits per heavy atom. The standard InChI is InChI=1S/C22H18N4O4S2/c1-30-16-8-5-9-17(12-16)32(28,29)26-19-13-23-11-10-18(19)21(27)25-22-24-20(14-31-22)15-6-3-2-4-7-15/h2-14,26H,1H3,(H,24,25,27). The van der Waals surface area contributed by atoms with Crippen molar-refractivity contribution >= 4 is 38.1 Å². The number of ether oxygens (including phenoxy) is 1. The van der Waals surface area contributed by atoms with Crippen LogP contribution in [0.1, 0.15) is 10.4 Å². The maximum atomic E-state index is 12.9. The van der Waals surface area contributed by atoms with Crippen LogP contribution >= 0.6 is 11.3 Å². The van der Waals surface area contributed by atoms with Gasteiger partial charge in [-0.25, -0.2) is 13.4 Å². The molecule has 10 heteroatoms. The molecule has 0 aliphatic rings. The van der Waals surface area contributed by atoms with Crippen LogP contribution in [-0.4, -0.2) is 31.4 Å². The minimum atomic E-state index is -3.97. The zero-order chi connectivity index (χ0) is 22.6. The van der Waals surface area contributed by atoms with Crippen LogP contribution in [0.5, 0.6) is 5.75 Å². The van der Waals surface area contributed by atoms with Crippen molar-refractivity contribution in [2.24, 2.45) is 0 Å². The SMILES string of the molecule is COc1cccc(S(=O)(=O)Nc2cnccc2C(=O)Nc2nc(-c3ccccc3)cs2)c1. The Hall–Kier alpha value is -3.76. The predicted octanol–water partition coefficient (Wildman–Crippen LogP) is 4.27. The second-order valence-corrected chi connectivity index (χ2v) is 9.10. The van der Waals surface area contributed by atoms with Gasteiger partial charge in [-0.05, 0) is 18.2 Å². The van der Waals surface area contributed by atoms with E-state index in [0.717, 1.165) is 11.3 Å². The molecule has 2 aromatic carbocycles. The van der Waals surface area contributed by atoms with E-state index in [-0.39, 0.29) is 16.1 Å². The van der Waals surface area contributed by atoms with Crippen LogP contribution < -0.4 is 14.8 Å². The third-order valence-corrected chi connectivity index (χ3v) is 6.58. The fourth-order valence-electron chi connectivity index (χ4n) is 2.88. The molecule has 0 aliphatic heterocycles. The quantitative estimate of drug-likeness (QED) is 0.421. The lowest BCUT2D eigenvalue weighted by Crippen LogP contribution is -2.19. The second-order valence-electron chi connectivity index (χ2n) is 6.56. The van der Waals surface area contributed by atoms with Crippen LogP contribution in [0.15, 0.2) is 83.3 Å².